The standard InChI is InChI=1S/C12H17F2NO2/c13-10-3-4-12(11(14)9-10)17-8-2-7-16-6-1-5-15/h3-4,9H,1-2,5-8,15H2. The molecule has 0 aliphatic carbocycles. The van der Waals surface area contributed by atoms with Gasteiger partial charge in [0.15, 0.2) is 11.6 Å². The lowest BCUT2D eigenvalue weighted by Crippen LogP contribution is -2.07. The van der Waals surface area contributed by atoms with Crippen molar-refractivity contribution in [2.24, 2.45) is 5.73 Å². The maximum atomic E-state index is 13.1. The van der Waals surface area contributed by atoms with Crippen molar-refractivity contribution in [2.45, 2.75) is 12.8 Å². The Kier molecular flexibility index (Phi) is 6.50. The highest BCUT2D eigenvalue weighted by Crippen LogP contribution is 2.17. The maximum absolute atomic E-state index is 13.1. The second-order valence-electron chi connectivity index (χ2n) is 3.53. The van der Waals surface area contributed by atoms with Gasteiger partial charge in [0, 0.05) is 25.7 Å². The predicted octanol–water partition coefficient (Wildman–Crippen LogP) is 2.10. The van der Waals surface area contributed by atoms with Gasteiger partial charge >= 0.3 is 0 Å². The van der Waals surface area contributed by atoms with Crippen LogP contribution >= 0.6 is 0 Å². The van der Waals surface area contributed by atoms with Crippen molar-refractivity contribution in [3.05, 3.63) is 29.8 Å². The van der Waals surface area contributed by atoms with Gasteiger partial charge in [-0.25, -0.2) is 8.78 Å². The number of ether oxygens (including phenoxy) is 2. The Morgan fingerprint density at radius 3 is 2.53 bits per heavy atom. The Bertz CT molecular complexity index is 334. The van der Waals surface area contributed by atoms with Crippen LogP contribution in [0.15, 0.2) is 18.2 Å². The molecule has 0 aliphatic rings. The summed E-state index contributed by atoms with van der Waals surface area (Å²) in [5, 5.41) is 0. The predicted molar refractivity (Wildman–Crippen MR) is 61.0 cm³/mol. The zero-order valence-electron chi connectivity index (χ0n) is 9.62. The van der Waals surface area contributed by atoms with Crippen LogP contribution in [0.2, 0.25) is 0 Å². The van der Waals surface area contributed by atoms with E-state index >= 15 is 0 Å². The molecule has 3 nitrogen and oxygen atoms in total. The van der Waals surface area contributed by atoms with Crippen LogP contribution in [0.5, 0.6) is 5.75 Å². The van der Waals surface area contributed by atoms with Crippen LogP contribution in [0.1, 0.15) is 12.8 Å². The topological polar surface area (TPSA) is 44.5 Å². The third-order valence-electron chi connectivity index (χ3n) is 2.08. The molecule has 1 rings (SSSR count). The normalized spacial score (nSPS) is 10.5. The monoisotopic (exact) mass is 245 g/mol. The van der Waals surface area contributed by atoms with E-state index in [-0.39, 0.29) is 5.75 Å². The van der Waals surface area contributed by atoms with E-state index < -0.39 is 11.6 Å². The van der Waals surface area contributed by atoms with E-state index in [1.807, 2.05) is 0 Å². The summed E-state index contributed by atoms with van der Waals surface area (Å²) in [6.07, 6.45) is 1.48. The fourth-order valence-corrected chi connectivity index (χ4v) is 1.22. The molecule has 17 heavy (non-hydrogen) atoms. The van der Waals surface area contributed by atoms with Gasteiger partial charge in [-0.1, -0.05) is 0 Å². The minimum Gasteiger partial charge on any atom is -0.490 e. The van der Waals surface area contributed by atoms with Crippen LogP contribution in [0.3, 0.4) is 0 Å². The van der Waals surface area contributed by atoms with Crippen molar-refractivity contribution in [2.75, 3.05) is 26.4 Å². The van der Waals surface area contributed by atoms with E-state index in [1.165, 1.54) is 6.07 Å². The average molecular weight is 245 g/mol. The largest absolute Gasteiger partial charge is 0.490 e. The molecule has 96 valence electrons. The lowest BCUT2D eigenvalue weighted by molar-refractivity contribution is 0.118. The maximum Gasteiger partial charge on any atom is 0.167 e. The molecule has 0 fully saturated rings. The van der Waals surface area contributed by atoms with Crippen LogP contribution in [0.25, 0.3) is 0 Å². The molecule has 0 saturated heterocycles. The highest BCUT2D eigenvalue weighted by Gasteiger charge is 2.04. The fraction of sp³-hybridized carbons (Fsp3) is 0.500. The van der Waals surface area contributed by atoms with Crippen LogP contribution < -0.4 is 10.5 Å². The van der Waals surface area contributed by atoms with Crippen molar-refractivity contribution < 1.29 is 18.3 Å². The zero-order chi connectivity index (χ0) is 12.5. The second-order valence-corrected chi connectivity index (χ2v) is 3.53. The van der Waals surface area contributed by atoms with Crippen LogP contribution in [0.4, 0.5) is 8.78 Å². The Labute approximate surface area is 99.5 Å². The molecule has 0 unspecified atom stereocenters. The van der Waals surface area contributed by atoms with Gasteiger partial charge in [-0.15, -0.1) is 0 Å². The molecular weight excluding hydrogens is 228 g/mol. The molecule has 0 heterocycles. The first-order valence-corrected chi connectivity index (χ1v) is 5.59. The molecule has 0 atom stereocenters. The lowest BCUT2D eigenvalue weighted by Gasteiger charge is -2.07. The van der Waals surface area contributed by atoms with Gasteiger partial charge in [-0.3, -0.25) is 0 Å². The Hall–Kier alpha value is -1.20. The summed E-state index contributed by atoms with van der Waals surface area (Å²) < 4.78 is 36.1. The number of rotatable bonds is 8. The zero-order valence-corrected chi connectivity index (χ0v) is 9.62. The third-order valence-corrected chi connectivity index (χ3v) is 2.08. The third kappa shape index (κ3) is 5.60. The minimum atomic E-state index is -0.686. The lowest BCUT2D eigenvalue weighted by atomic mass is 10.3. The number of hydrogen-bond donors (Lipinski definition) is 1. The molecule has 5 heteroatoms. The van der Waals surface area contributed by atoms with Crippen LogP contribution in [0, 0.1) is 11.6 Å². The summed E-state index contributed by atoms with van der Waals surface area (Å²) >= 11 is 0. The smallest absolute Gasteiger partial charge is 0.167 e. The van der Waals surface area contributed by atoms with Crippen LogP contribution in [-0.4, -0.2) is 26.4 Å². The Balaban J connectivity index is 2.14. The van der Waals surface area contributed by atoms with Gasteiger partial charge in [0.05, 0.1) is 6.61 Å². The quantitative estimate of drug-likeness (QED) is 0.713. The van der Waals surface area contributed by atoms with E-state index in [0.717, 1.165) is 18.6 Å². The van der Waals surface area contributed by atoms with Gasteiger partial charge in [-0.2, -0.15) is 0 Å². The molecule has 0 saturated carbocycles. The number of nitrogens with two attached hydrogens (primary N) is 1. The van der Waals surface area contributed by atoms with Gasteiger partial charge in [-0.05, 0) is 25.1 Å². The van der Waals surface area contributed by atoms with Crippen molar-refractivity contribution in [1.82, 2.24) is 0 Å². The van der Waals surface area contributed by atoms with E-state index in [9.17, 15) is 8.78 Å². The summed E-state index contributed by atoms with van der Waals surface area (Å²) in [5.41, 5.74) is 5.30. The highest BCUT2D eigenvalue weighted by atomic mass is 19.1. The summed E-state index contributed by atoms with van der Waals surface area (Å²) in [5.74, 6) is -1.23. The molecule has 0 radical (unpaired) electrons. The molecule has 1 aromatic carbocycles. The van der Waals surface area contributed by atoms with Gasteiger partial charge < -0.3 is 15.2 Å². The first-order chi connectivity index (χ1) is 8.24. The molecular formula is C12H17F2NO2. The summed E-state index contributed by atoms with van der Waals surface area (Å²) in [4.78, 5) is 0. The highest BCUT2D eigenvalue weighted by molar-refractivity contribution is 5.24. The Morgan fingerprint density at radius 1 is 1.06 bits per heavy atom. The number of benzene rings is 1. The summed E-state index contributed by atoms with van der Waals surface area (Å²) in [7, 11) is 0. The second kappa shape index (κ2) is 7.97. The van der Waals surface area contributed by atoms with Crippen molar-refractivity contribution in [3.63, 3.8) is 0 Å². The van der Waals surface area contributed by atoms with Crippen LogP contribution in [-0.2, 0) is 4.74 Å². The van der Waals surface area contributed by atoms with Crippen molar-refractivity contribution >= 4 is 0 Å². The molecule has 0 aliphatic heterocycles. The summed E-state index contributed by atoms with van der Waals surface area (Å²) in [6.45, 7) is 2.12. The first kappa shape index (κ1) is 13.9. The number of hydrogen-bond acceptors (Lipinski definition) is 3. The fourth-order valence-electron chi connectivity index (χ4n) is 1.22. The Morgan fingerprint density at radius 2 is 1.82 bits per heavy atom. The number of halogens is 2. The first-order valence-electron chi connectivity index (χ1n) is 5.59. The molecule has 0 bridgehead atoms. The summed E-state index contributed by atoms with van der Waals surface area (Å²) in [6, 6.07) is 3.24. The molecule has 0 aromatic heterocycles. The van der Waals surface area contributed by atoms with Crippen molar-refractivity contribution in [3.8, 4) is 5.75 Å². The molecule has 0 amide bonds. The average Bonchev–Trinajstić information content (AvgIpc) is 2.30. The molecule has 2 N–H and O–H groups in total. The molecule has 0 spiro atoms. The van der Waals surface area contributed by atoms with E-state index in [1.54, 1.807) is 0 Å². The van der Waals surface area contributed by atoms with E-state index in [2.05, 4.69) is 0 Å². The van der Waals surface area contributed by atoms with Gasteiger partial charge in [0.2, 0.25) is 0 Å². The van der Waals surface area contributed by atoms with Gasteiger partial charge in [0.1, 0.15) is 5.82 Å². The minimum absolute atomic E-state index is 0.0633. The molecule has 1 aromatic rings. The van der Waals surface area contributed by atoms with E-state index in [4.69, 9.17) is 15.2 Å². The SMILES string of the molecule is NCCCOCCCOc1ccc(F)cc1F. The van der Waals surface area contributed by atoms with E-state index in [0.29, 0.717) is 32.8 Å². The van der Waals surface area contributed by atoms with Gasteiger partial charge in [0.25, 0.3) is 0 Å². The van der Waals surface area contributed by atoms with Crippen molar-refractivity contribution in [1.29, 1.82) is 0 Å².